The van der Waals surface area contributed by atoms with Crippen LogP contribution in [0.3, 0.4) is 0 Å². The van der Waals surface area contributed by atoms with Crippen molar-refractivity contribution in [1.29, 1.82) is 0 Å². The van der Waals surface area contributed by atoms with Gasteiger partial charge < -0.3 is 14.6 Å². The van der Waals surface area contributed by atoms with E-state index >= 15 is 0 Å². The summed E-state index contributed by atoms with van der Waals surface area (Å²) in [6.07, 6.45) is 6.97. The van der Waals surface area contributed by atoms with Crippen LogP contribution in [0.1, 0.15) is 45.2 Å². The van der Waals surface area contributed by atoms with Crippen molar-refractivity contribution in [2.75, 3.05) is 11.4 Å². The van der Waals surface area contributed by atoms with Crippen LogP contribution < -0.4 is 10.2 Å². The third kappa shape index (κ3) is 2.69. The van der Waals surface area contributed by atoms with Gasteiger partial charge >= 0.3 is 0 Å². The first kappa shape index (κ1) is 12.0. The third-order valence-corrected chi connectivity index (χ3v) is 4.05. The Bertz CT molecular complexity index is 399. The van der Waals surface area contributed by atoms with Gasteiger partial charge in [-0.25, -0.2) is 0 Å². The van der Waals surface area contributed by atoms with Gasteiger partial charge in [0.05, 0.1) is 5.69 Å². The summed E-state index contributed by atoms with van der Waals surface area (Å²) in [5, 5.41) is 3.47. The zero-order valence-corrected chi connectivity index (χ0v) is 11.4. The highest BCUT2D eigenvalue weighted by Crippen LogP contribution is 2.27. The van der Waals surface area contributed by atoms with Gasteiger partial charge in [-0.05, 0) is 38.5 Å². The number of nitrogens with one attached hydrogen (secondary N) is 1. The van der Waals surface area contributed by atoms with Crippen molar-refractivity contribution in [3.05, 3.63) is 12.0 Å². The van der Waals surface area contributed by atoms with E-state index in [-0.39, 0.29) is 0 Å². The molecule has 18 heavy (non-hydrogen) atoms. The first-order valence-corrected chi connectivity index (χ1v) is 7.17. The summed E-state index contributed by atoms with van der Waals surface area (Å²) in [5.41, 5.74) is 1.03. The fourth-order valence-corrected chi connectivity index (χ4v) is 2.60. The summed E-state index contributed by atoms with van der Waals surface area (Å²) in [4.78, 5) is 6.93. The monoisotopic (exact) mass is 249 g/mol. The highest BCUT2D eigenvalue weighted by Gasteiger charge is 2.26. The van der Waals surface area contributed by atoms with E-state index in [0.29, 0.717) is 6.04 Å². The third-order valence-electron chi connectivity index (χ3n) is 4.05. The number of hydrogen-bond acceptors (Lipinski definition) is 4. The second kappa shape index (κ2) is 4.92. The van der Waals surface area contributed by atoms with Crippen LogP contribution in [0.2, 0.25) is 0 Å². The van der Waals surface area contributed by atoms with Crippen molar-refractivity contribution in [3.8, 4) is 0 Å². The average molecular weight is 249 g/mol. The van der Waals surface area contributed by atoms with Crippen LogP contribution in [0.4, 0.5) is 6.01 Å². The van der Waals surface area contributed by atoms with Gasteiger partial charge in [-0.1, -0.05) is 6.92 Å². The number of hydrogen-bond donors (Lipinski definition) is 1. The minimum atomic E-state index is 0.545. The predicted octanol–water partition coefficient (Wildman–Crippen LogP) is 2.55. The molecule has 1 N–H and O–H groups in total. The fraction of sp³-hybridized carbons (Fsp3) is 0.786. The molecule has 2 aliphatic rings. The zero-order valence-electron chi connectivity index (χ0n) is 11.4. The fourth-order valence-electron chi connectivity index (χ4n) is 2.60. The number of piperidine rings is 1. The Kier molecular flexibility index (Phi) is 3.29. The van der Waals surface area contributed by atoms with Crippen molar-refractivity contribution in [1.82, 2.24) is 10.3 Å². The van der Waals surface area contributed by atoms with Crippen LogP contribution in [-0.2, 0) is 6.54 Å². The molecule has 0 radical (unpaired) electrons. The molecule has 4 nitrogen and oxygen atoms in total. The van der Waals surface area contributed by atoms with Gasteiger partial charge in [0.2, 0.25) is 0 Å². The lowest BCUT2D eigenvalue weighted by molar-refractivity contribution is 0.365. The minimum absolute atomic E-state index is 0.545. The molecular weight excluding hydrogens is 226 g/mol. The van der Waals surface area contributed by atoms with E-state index in [4.69, 9.17) is 4.42 Å². The van der Waals surface area contributed by atoms with E-state index in [2.05, 4.69) is 29.0 Å². The van der Waals surface area contributed by atoms with Gasteiger partial charge in [-0.15, -0.1) is 0 Å². The largest absolute Gasteiger partial charge is 0.432 e. The second-order valence-electron chi connectivity index (χ2n) is 5.96. The zero-order chi connectivity index (χ0) is 12.5. The molecule has 1 aliphatic heterocycles. The summed E-state index contributed by atoms with van der Waals surface area (Å²) >= 11 is 0. The molecule has 2 fully saturated rings. The van der Waals surface area contributed by atoms with Crippen LogP contribution in [0.5, 0.6) is 0 Å². The van der Waals surface area contributed by atoms with E-state index < -0.39 is 0 Å². The van der Waals surface area contributed by atoms with Gasteiger partial charge in [0.1, 0.15) is 6.26 Å². The quantitative estimate of drug-likeness (QED) is 0.890. The van der Waals surface area contributed by atoms with Crippen molar-refractivity contribution in [2.24, 2.45) is 5.92 Å². The van der Waals surface area contributed by atoms with E-state index in [1.165, 1.54) is 25.7 Å². The molecule has 1 saturated carbocycles. The molecule has 2 atom stereocenters. The topological polar surface area (TPSA) is 41.3 Å². The lowest BCUT2D eigenvalue weighted by Gasteiger charge is -2.35. The lowest BCUT2D eigenvalue weighted by atomic mass is 9.95. The highest BCUT2D eigenvalue weighted by molar-refractivity contribution is 5.30. The van der Waals surface area contributed by atoms with E-state index in [1.807, 2.05) is 0 Å². The molecule has 3 rings (SSSR count). The maximum Gasteiger partial charge on any atom is 0.297 e. The Balaban J connectivity index is 1.63. The average Bonchev–Trinajstić information content (AvgIpc) is 3.08. The molecule has 1 aromatic heterocycles. The van der Waals surface area contributed by atoms with Gasteiger partial charge in [0.15, 0.2) is 0 Å². The molecule has 0 bridgehead atoms. The molecule has 1 aromatic rings. The molecule has 2 unspecified atom stereocenters. The van der Waals surface area contributed by atoms with Crippen molar-refractivity contribution in [3.63, 3.8) is 0 Å². The molecule has 4 heteroatoms. The Morgan fingerprint density at radius 1 is 1.33 bits per heavy atom. The van der Waals surface area contributed by atoms with Gasteiger partial charge in [-0.3, -0.25) is 0 Å². The normalized spacial score (nSPS) is 28.7. The number of nitrogens with zero attached hydrogens (tertiary/aromatic N) is 2. The predicted molar refractivity (Wildman–Crippen MR) is 71.6 cm³/mol. The maximum atomic E-state index is 5.65. The van der Waals surface area contributed by atoms with Crippen molar-refractivity contribution < 1.29 is 4.42 Å². The number of rotatable bonds is 4. The Hall–Kier alpha value is -1.03. The molecule has 0 spiro atoms. The van der Waals surface area contributed by atoms with Gasteiger partial charge in [-0.2, -0.15) is 4.98 Å². The summed E-state index contributed by atoms with van der Waals surface area (Å²) in [5.74, 6) is 0.737. The van der Waals surface area contributed by atoms with Crippen LogP contribution in [-0.4, -0.2) is 23.6 Å². The Morgan fingerprint density at radius 3 is 2.94 bits per heavy atom. The summed E-state index contributed by atoms with van der Waals surface area (Å²) in [7, 11) is 0. The molecule has 0 aromatic carbocycles. The highest BCUT2D eigenvalue weighted by atomic mass is 16.4. The first-order chi connectivity index (χ1) is 8.72. The van der Waals surface area contributed by atoms with E-state index in [0.717, 1.165) is 36.8 Å². The molecule has 100 valence electrons. The Labute approximate surface area is 109 Å². The van der Waals surface area contributed by atoms with E-state index in [9.17, 15) is 0 Å². The standard InChI is InChI=1S/C14H23N3O/c1-10-3-4-11(2)17(8-10)14-16-13(9-18-14)7-15-12-5-6-12/h9-12,15H,3-8H2,1-2H3. The van der Waals surface area contributed by atoms with Crippen LogP contribution >= 0.6 is 0 Å². The van der Waals surface area contributed by atoms with Crippen LogP contribution in [0.25, 0.3) is 0 Å². The smallest absolute Gasteiger partial charge is 0.297 e. The first-order valence-electron chi connectivity index (χ1n) is 7.17. The van der Waals surface area contributed by atoms with Crippen LogP contribution in [0.15, 0.2) is 10.7 Å². The minimum Gasteiger partial charge on any atom is -0.432 e. The van der Waals surface area contributed by atoms with Crippen molar-refractivity contribution in [2.45, 2.75) is 58.2 Å². The second-order valence-corrected chi connectivity index (χ2v) is 5.96. The van der Waals surface area contributed by atoms with E-state index in [1.54, 1.807) is 6.26 Å². The summed E-state index contributed by atoms with van der Waals surface area (Å²) in [6, 6.07) is 2.07. The summed E-state index contributed by atoms with van der Waals surface area (Å²) in [6.45, 7) is 6.47. The molecule has 1 saturated heterocycles. The van der Waals surface area contributed by atoms with Crippen molar-refractivity contribution >= 4 is 6.01 Å². The van der Waals surface area contributed by atoms with Gasteiger partial charge in [0, 0.05) is 25.2 Å². The Morgan fingerprint density at radius 2 is 2.17 bits per heavy atom. The lowest BCUT2D eigenvalue weighted by Crippen LogP contribution is -2.41. The SMILES string of the molecule is CC1CCC(C)N(c2nc(CNC3CC3)co2)C1. The molecular formula is C14H23N3O. The number of oxazole rings is 1. The maximum absolute atomic E-state index is 5.65. The molecule has 2 heterocycles. The van der Waals surface area contributed by atoms with Crippen LogP contribution in [0, 0.1) is 5.92 Å². The summed E-state index contributed by atoms with van der Waals surface area (Å²) < 4.78 is 5.65. The van der Waals surface area contributed by atoms with Gasteiger partial charge in [0.25, 0.3) is 6.01 Å². The molecule has 1 aliphatic carbocycles. The number of anilines is 1. The molecule has 0 amide bonds. The number of aromatic nitrogens is 1.